The van der Waals surface area contributed by atoms with Crippen molar-refractivity contribution in [1.29, 1.82) is 0 Å². The molecule has 2 heterocycles. The molecule has 5 heteroatoms. The largest absolute Gasteiger partial charge is 0.494 e. The van der Waals surface area contributed by atoms with Gasteiger partial charge in [0, 0.05) is 16.5 Å². The van der Waals surface area contributed by atoms with Crippen LogP contribution in [-0.4, -0.2) is 11.6 Å². The van der Waals surface area contributed by atoms with Crippen LogP contribution in [0, 0.1) is 0 Å². The zero-order valence-corrected chi connectivity index (χ0v) is 18.2. The molecule has 1 N–H and O–H groups in total. The van der Waals surface area contributed by atoms with E-state index in [1.165, 1.54) is 32.1 Å². The molecule has 30 heavy (non-hydrogen) atoms. The minimum atomic E-state index is 0.784. The van der Waals surface area contributed by atoms with Crippen LogP contribution in [0.1, 0.15) is 45.4 Å². The lowest BCUT2D eigenvalue weighted by Gasteiger charge is -2.07. The van der Waals surface area contributed by atoms with Gasteiger partial charge in [-0.2, -0.15) is 0 Å². The fourth-order valence-corrected chi connectivity index (χ4v) is 4.10. The monoisotopic (exact) mass is 420 g/mol. The highest BCUT2D eigenvalue weighted by molar-refractivity contribution is 7.14. The van der Waals surface area contributed by atoms with Gasteiger partial charge in [0.25, 0.3) is 0 Å². The number of furan rings is 1. The molecule has 0 bridgehead atoms. The molecule has 0 atom stereocenters. The van der Waals surface area contributed by atoms with Gasteiger partial charge in [0.1, 0.15) is 17.0 Å². The standard InChI is InChI=1S/C25H28N2O2S/c1-2-3-4-5-6-9-16-28-21-14-12-20(13-15-21)26-25-27-22(18-30-25)24-17-19-10-7-8-11-23(19)29-24/h7-8,10-15,17-18H,2-6,9,16H2,1H3,(H,26,27). The highest BCUT2D eigenvalue weighted by Gasteiger charge is 2.10. The number of nitrogens with zero attached hydrogens (tertiary/aromatic N) is 1. The normalized spacial score (nSPS) is 11.1. The van der Waals surface area contributed by atoms with Gasteiger partial charge < -0.3 is 14.5 Å². The topological polar surface area (TPSA) is 47.3 Å². The van der Waals surface area contributed by atoms with Crippen molar-refractivity contribution in [3.8, 4) is 17.2 Å². The van der Waals surface area contributed by atoms with Crippen molar-refractivity contribution in [3.63, 3.8) is 0 Å². The number of aromatic nitrogens is 1. The van der Waals surface area contributed by atoms with E-state index in [2.05, 4.69) is 17.2 Å². The summed E-state index contributed by atoms with van der Waals surface area (Å²) in [7, 11) is 0. The van der Waals surface area contributed by atoms with Crippen LogP contribution < -0.4 is 10.1 Å². The van der Waals surface area contributed by atoms with Crippen molar-refractivity contribution < 1.29 is 9.15 Å². The third kappa shape index (κ3) is 5.42. The quantitative estimate of drug-likeness (QED) is 0.249. The maximum Gasteiger partial charge on any atom is 0.187 e. The fourth-order valence-electron chi connectivity index (χ4n) is 3.38. The molecule has 0 unspecified atom stereocenters. The number of unbranched alkanes of at least 4 members (excludes halogenated alkanes) is 5. The van der Waals surface area contributed by atoms with E-state index in [-0.39, 0.29) is 0 Å². The molecule has 0 saturated carbocycles. The maximum atomic E-state index is 5.91. The molecular weight excluding hydrogens is 392 g/mol. The number of benzene rings is 2. The molecule has 4 nitrogen and oxygen atoms in total. The number of hydrogen-bond acceptors (Lipinski definition) is 5. The van der Waals surface area contributed by atoms with E-state index in [9.17, 15) is 0 Å². The van der Waals surface area contributed by atoms with E-state index in [0.29, 0.717) is 0 Å². The molecule has 0 saturated heterocycles. The van der Waals surface area contributed by atoms with Crippen molar-refractivity contribution in [2.75, 3.05) is 11.9 Å². The first-order chi connectivity index (χ1) is 14.8. The molecule has 0 amide bonds. The molecule has 0 fully saturated rings. The summed E-state index contributed by atoms with van der Waals surface area (Å²) >= 11 is 1.56. The minimum absolute atomic E-state index is 0.784. The maximum absolute atomic E-state index is 5.91. The minimum Gasteiger partial charge on any atom is -0.494 e. The molecule has 0 aliphatic rings. The Hall–Kier alpha value is -2.79. The van der Waals surface area contributed by atoms with Gasteiger partial charge in [0.05, 0.1) is 6.61 Å². The molecule has 0 aliphatic carbocycles. The van der Waals surface area contributed by atoms with Gasteiger partial charge in [0.15, 0.2) is 10.9 Å². The number of thiazole rings is 1. The first-order valence-corrected chi connectivity index (χ1v) is 11.6. The fraction of sp³-hybridized carbons (Fsp3) is 0.320. The van der Waals surface area contributed by atoms with E-state index < -0.39 is 0 Å². The van der Waals surface area contributed by atoms with Crippen LogP contribution in [0.2, 0.25) is 0 Å². The van der Waals surface area contributed by atoms with Gasteiger partial charge in [-0.1, -0.05) is 57.2 Å². The van der Waals surface area contributed by atoms with Gasteiger partial charge in [-0.25, -0.2) is 4.98 Å². The molecule has 2 aromatic heterocycles. The van der Waals surface area contributed by atoms with E-state index in [1.807, 2.05) is 60.0 Å². The Morgan fingerprint density at radius 2 is 1.77 bits per heavy atom. The Kier molecular flexibility index (Phi) is 7.03. The number of fused-ring (bicyclic) bond motifs is 1. The lowest BCUT2D eigenvalue weighted by molar-refractivity contribution is 0.304. The summed E-state index contributed by atoms with van der Waals surface area (Å²) in [5.74, 6) is 1.70. The molecule has 2 aromatic carbocycles. The highest BCUT2D eigenvalue weighted by Crippen LogP contribution is 2.31. The van der Waals surface area contributed by atoms with Crippen LogP contribution in [0.5, 0.6) is 5.75 Å². The number of anilines is 2. The van der Waals surface area contributed by atoms with Gasteiger partial charge in [-0.15, -0.1) is 11.3 Å². The van der Waals surface area contributed by atoms with Crippen LogP contribution in [0.15, 0.2) is 64.4 Å². The first kappa shape index (κ1) is 20.5. The second-order valence-corrected chi connectivity index (χ2v) is 8.31. The van der Waals surface area contributed by atoms with Crippen molar-refractivity contribution in [2.24, 2.45) is 0 Å². The third-order valence-corrected chi connectivity index (χ3v) is 5.81. The average Bonchev–Trinajstić information content (AvgIpc) is 3.41. The zero-order valence-electron chi connectivity index (χ0n) is 17.4. The number of hydrogen-bond donors (Lipinski definition) is 1. The summed E-state index contributed by atoms with van der Waals surface area (Å²) in [5, 5.41) is 7.30. The summed E-state index contributed by atoms with van der Waals surface area (Å²) in [4.78, 5) is 4.67. The van der Waals surface area contributed by atoms with Crippen molar-refractivity contribution in [3.05, 3.63) is 60.0 Å². The van der Waals surface area contributed by atoms with E-state index in [4.69, 9.17) is 9.15 Å². The van der Waals surface area contributed by atoms with Crippen LogP contribution in [0.25, 0.3) is 22.4 Å². The third-order valence-electron chi connectivity index (χ3n) is 5.05. The summed E-state index contributed by atoms with van der Waals surface area (Å²) in [6.45, 7) is 3.03. The smallest absolute Gasteiger partial charge is 0.187 e. The van der Waals surface area contributed by atoms with E-state index in [0.717, 1.165) is 52.0 Å². The van der Waals surface area contributed by atoms with Gasteiger partial charge in [0.2, 0.25) is 0 Å². The van der Waals surface area contributed by atoms with Crippen molar-refractivity contribution >= 4 is 33.1 Å². The second-order valence-electron chi connectivity index (χ2n) is 7.45. The SMILES string of the molecule is CCCCCCCCOc1ccc(Nc2nc(-c3cc4ccccc4o3)cs2)cc1. The predicted octanol–water partition coefficient (Wildman–Crippen LogP) is 8.04. The summed E-state index contributed by atoms with van der Waals surface area (Å²) in [5.41, 5.74) is 2.72. The molecular formula is C25H28N2O2S. The predicted molar refractivity (Wildman–Crippen MR) is 126 cm³/mol. The molecule has 0 spiro atoms. The summed E-state index contributed by atoms with van der Waals surface area (Å²) in [6.07, 6.45) is 7.65. The first-order valence-electron chi connectivity index (χ1n) is 10.8. The van der Waals surface area contributed by atoms with Crippen molar-refractivity contribution in [2.45, 2.75) is 45.4 Å². The summed E-state index contributed by atoms with van der Waals surface area (Å²) in [6, 6.07) is 18.1. The van der Waals surface area contributed by atoms with Crippen LogP contribution in [0.4, 0.5) is 10.8 Å². The summed E-state index contributed by atoms with van der Waals surface area (Å²) < 4.78 is 11.8. The lowest BCUT2D eigenvalue weighted by Crippen LogP contribution is -1.97. The van der Waals surface area contributed by atoms with Gasteiger partial charge in [-0.3, -0.25) is 0 Å². The van der Waals surface area contributed by atoms with E-state index in [1.54, 1.807) is 11.3 Å². The Morgan fingerprint density at radius 1 is 0.967 bits per heavy atom. The van der Waals surface area contributed by atoms with E-state index >= 15 is 0 Å². The van der Waals surface area contributed by atoms with Crippen LogP contribution in [-0.2, 0) is 0 Å². The van der Waals surface area contributed by atoms with Crippen LogP contribution in [0.3, 0.4) is 0 Å². The Morgan fingerprint density at radius 3 is 2.60 bits per heavy atom. The Labute approximate surface area is 181 Å². The number of nitrogens with one attached hydrogen (secondary N) is 1. The number of ether oxygens (including phenoxy) is 1. The lowest BCUT2D eigenvalue weighted by atomic mass is 10.1. The second kappa shape index (κ2) is 10.3. The molecule has 0 radical (unpaired) electrons. The average molecular weight is 421 g/mol. The van der Waals surface area contributed by atoms with Crippen LogP contribution >= 0.6 is 11.3 Å². The molecule has 4 aromatic rings. The number of para-hydroxylation sites is 1. The molecule has 4 rings (SSSR count). The van der Waals surface area contributed by atoms with Gasteiger partial charge >= 0.3 is 0 Å². The van der Waals surface area contributed by atoms with Crippen molar-refractivity contribution in [1.82, 2.24) is 4.98 Å². The molecule has 156 valence electrons. The zero-order chi connectivity index (χ0) is 20.6. The highest BCUT2D eigenvalue weighted by atomic mass is 32.1. The molecule has 0 aliphatic heterocycles. The number of rotatable bonds is 11. The Balaban J connectivity index is 1.28. The van der Waals surface area contributed by atoms with Gasteiger partial charge in [-0.05, 0) is 42.8 Å². The Bertz CT molecular complexity index is 1020.